The van der Waals surface area contributed by atoms with Gasteiger partial charge in [-0.05, 0) is 24.6 Å². The normalized spacial score (nSPS) is 12.8. The minimum atomic E-state index is 0.123. The highest BCUT2D eigenvalue weighted by Gasteiger charge is 2.18. The second kappa shape index (κ2) is 3.89. The average Bonchev–Trinajstić information content (AvgIpc) is 2.72. The summed E-state index contributed by atoms with van der Waals surface area (Å²) in [6.45, 7) is 2.66. The summed E-state index contributed by atoms with van der Waals surface area (Å²) >= 11 is 0. The van der Waals surface area contributed by atoms with Crippen LogP contribution in [0.2, 0.25) is 0 Å². The van der Waals surface area contributed by atoms with Crippen LogP contribution >= 0.6 is 0 Å². The zero-order valence-corrected chi connectivity index (χ0v) is 9.68. The first-order chi connectivity index (χ1) is 8.28. The summed E-state index contributed by atoms with van der Waals surface area (Å²) < 4.78 is 7.72. The van der Waals surface area contributed by atoms with Crippen molar-refractivity contribution in [2.75, 3.05) is 6.61 Å². The standard InChI is InChI=1S/C13H14N2O2/c1-9-2-3-11-12(6-9)17-8-13-14-10(4-5-16)7-15(11)13/h2-3,6-7,16H,4-5,8H2,1H3. The number of imidazole rings is 1. The molecule has 1 aromatic carbocycles. The quantitative estimate of drug-likeness (QED) is 0.852. The fraction of sp³-hybridized carbons (Fsp3) is 0.308. The van der Waals surface area contributed by atoms with Crippen LogP contribution in [0.4, 0.5) is 0 Å². The van der Waals surface area contributed by atoms with Crippen molar-refractivity contribution in [2.24, 2.45) is 0 Å². The highest BCUT2D eigenvalue weighted by molar-refractivity contribution is 5.51. The first-order valence-electron chi connectivity index (χ1n) is 5.70. The molecular weight excluding hydrogens is 216 g/mol. The predicted octanol–water partition coefficient (Wildman–Crippen LogP) is 1.61. The molecule has 0 saturated heterocycles. The molecule has 17 heavy (non-hydrogen) atoms. The molecule has 4 nitrogen and oxygen atoms in total. The summed E-state index contributed by atoms with van der Waals surface area (Å²) in [4.78, 5) is 4.44. The van der Waals surface area contributed by atoms with Gasteiger partial charge in [-0.1, -0.05) is 6.07 Å². The first-order valence-corrected chi connectivity index (χ1v) is 5.70. The van der Waals surface area contributed by atoms with E-state index >= 15 is 0 Å². The molecule has 0 saturated carbocycles. The maximum atomic E-state index is 8.93. The first kappa shape index (κ1) is 10.4. The Labute approximate surface area is 99.5 Å². The van der Waals surface area contributed by atoms with Gasteiger partial charge in [0.25, 0.3) is 0 Å². The molecule has 0 unspecified atom stereocenters. The molecule has 1 aliphatic rings. The third-order valence-corrected chi connectivity index (χ3v) is 2.93. The Morgan fingerprint density at radius 3 is 3.18 bits per heavy atom. The number of aliphatic hydroxyl groups is 1. The Bertz CT molecular complexity index is 561. The van der Waals surface area contributed by atoms with E-state index in [1.54, 1.807) is 0 Å². The van der Waals surface area contributed by atoms with Crippen molar-refractivity contribution in [3.63, 3.8) is 0 Å². The molecular formula is C13H14N2O2. The molecule has 0 aliphatic carbocycles. The minimum absolute atomic E-state index is 0.123. The van der Waals surface area contributed by atoms with E-state index < -0.39 is 0 Å². The van der Waals surface area contributed by atoms with Gasteiger partial charge in [0.05, 0.1) is 11.4 Å². The molecule has 0 spiro atoms. The van der Waals surface area contributed by atoms with E-state index in [0.717, 1.165) is 23.0 Å². The molecule has 1 aromatic heterocycles. The molecule has 4 heteroatoms. The zero-order chi connectivity index (χ0) is 11.8. The summed E-state index contributed by atoms with van der Waals surface area (Å²) in [5.74, 6) is 1.79. The van der Waals surface area contributed by atoms with Gasteiger partial charge in [0.1, 0.15) is 12.4 Å². The van der Waals surface area contributed by atoms with Gasteiger partial charge in [-0.25, -0.2) is 4.98 Å². The Morgan fingerprint density at radius 2 is 2.35 bits per heavy atom. The average molecular weight is 230 g/mol. The van der Waals surface area contributed by atoms with Crippen molar-refractivity contribution in [3.05, 3.63) is 41.5 Å². The fourth-order valence-electron chi connectivity index (χ4n) is 2.10. The maximum Gasteiger partial charge on any atom is 0.151 e. The molecule has 0 amide bonds. The number of aromatic nitrogens is 2. The summed E-state index contributed by atoms with van der Waals surface area (Å²) in [6, 6.07) is 6.13. The van der Waals surface area contributed by atoms with Gasteiger partial charge in [0, 0.05) is 19.2 Å². The largest absolute Gasteiger partial charge is 0.483 e. The number of nitrogens with zero attached hydrogens (tertiary/aromatic N) is 2. The van der Waals surface area contributed by atoms with Gasteiger partial charge in [-0.3, -0.25) is 4.57 Å². The number of aliphatic hydroxyl groups excluding tert-OH is 1. The van der Waals surface area contributed by atoms with Crippen molar-refractivity contribution in [1.29, 1.82) is 0 Å². The molecule has 0 fully saturated rings. The van der Waals surface area contributed by atoms with Crippen LogP contribution in [-0.2, 0) is 13.0 Å². The van der Waals surface area contributed by atoms with Crippen molar-refractivity contribution >= 4 is 0 Å². The summed E-state index contributed by atoms with van der Waals surface area (Å²) in [7, 11) is 0. The second-order valence-corrected chi connectivity index (χ2v) is 4.25. The van der Waals surface area contributed by atoms with E-state index in [2.05, 4.69) is 11.1 Å². The van der Waals surface area contributed by atoms with Crippen LogP contribution in [0.15, 0.2) is 24.4 Å². The third kappa shape index (κ3) is 1.70. The van der Waals surface area contributed by atoms with Gasteiger partial charge >= 0.3 is 0 Å². The van der Waals surface area contributed by atoms with Gasteiger partial charge in [0.15, 0.2) is 5.82 Å². The topological polar surface area (TPSA) is 47.3 Å². The Kier molecular flexibility index (Phi) is 2.37. The maximum absolute atomic E-state index is 8.93. The number of rotatable bonds is 2. The van der Waals surface area contributed by atoms with E-state index in [-0.39, 0.29) is 6.61 Å². The zero-order valence-electron chi connectivity index (χ0n) is 9.68. The lowest BCUT2D eigenvalue weighted by molar-refractivity contribution is 0.279. The fourth-order valence-corrected chi connectivity index (χ4v) is 2.10. The van der Waals surface area contributed by atoms with Gasteiger partial charge in [-0.15, -0.1) is 0 Å². The third-order valence-electron chi connectivity index (χ3n) is 2.93. The van der Waals surface area contributed by atoms with E-state index in [0.29, 0.717) is 13.0 Å². The monoisotopic (exact) mass is 230 g/mol. The highest BCUT2D eigenvalue weighted by Crippen LogP contribution is 2.30. The molecule has 3 rings (SSSR count). The van der Waals surface area contributed by atoms with Crippen LogP contribution in [0.5, 0.6) is 5.75 Å². The SMILES string of the molecule is Cc1ccc2c(c1)OCc1nc(CCO)cn1-2. The van der Waals surface area contributed by atoms with Crippen LogP contribution < -0.4 is 4.74 Å². The minimum Gasteiger partial charge on any atom is -0.483 e. The molecule has 1 N–H and O–H groups in total. The smallest absolute Gasteiger partial charge is 0.151 e. The van der Waals surface area contributed by atoms with Gasteiger partial charge in [-0.2, -0.15) is 0 Å². The van der Waals surface area contributed by atoms with Crippen molar-refractivity contribution in [1.82, 2.24) is 9.55 Å². The molecule has 0 radical (unpaired) electrons. The number of fused-ring (bicyclic) bond motifs is 3. The lowest BCUT2D eigenvalue weighted by atomic mass is 10.2. The Morgan fingerprint density at radius 1 is 1.47 bits per heavy atom. The number of benzene rings is 1. The van der Waals surface area contributed by atoms with Crippen molar-refractivity contribution in [3.8, 4) is 11.4 Å². The van der Waals surface area contributed by atoms with Crippen LogP contribution in [0.25, 0.3) is 5.69 Å². The molecule has 0 bridgehead atoms. The van der Waals surface area contributed by atoms with Gasteiger partial charge < -0.3 is 9.84 Å². The molecule has 1 aliphatic heterocycles. The van der Waals surface area contributed by atoms with Crippen molar-refractivity contribution in [2.45, 2.75) is 20.0 Å². The number of hydrogen-bond acceptors (Lipinski definition) is 3. The van der Waals surface area contributed by atoms with Crippen molar-refractivity contribution < 1.29 is 9.84 Å². The number of aryl methyl sites for hydroxylation is 1. The highest BCUT2D eigenvalue weighted by atomic mass is 16.5. The van der Waals surface area contributed by atoms with E-state index in [1.807, 2.05) is 29.8 Å². The molecule has 2 heterocycles. The number of ether oxygens (including phenoxy) is 1. The number of hydrogen-bond donors (Lipinski definition) is 1. The molecule has 2 aromatic rings. The van der Waals surface area contributed by atoms with E-state index in [9.17, 15) is 0 Å². The predicted molar refractivity (Wildman–Crippen MR) is 63.4 cm³/mol. The van der Waals surface area contributed by atoms with E-state index in [1.165, 1.54) is 5.56 Å². The Hall–Kier alpha value is -1.81. The van der Waals surface area contributed by atoms with E-state index in [4.69, 9.17) is 9.84 Å². The molecule has 88 valence electrons. The summed E-state index contributed by atoms with van der Waals surface area (Å²) in [5, 5.41) is 8.93. The van der Waals surface area contributed by atoms with Crippen LogP contribution in [0.1, 0.15) is 17.1 Å². The van der Waals surface area contributed by atoms with Crippen LogP contribution in [0.3, 0.4) is 0 Å². The van der Waals surface area contributed by atoms with Gasteiger partial charge in [0.2, 0.25) is 0 Å². The molecule has 0 atom stereocenters. The van der Waals surface area contributed by atoms with Crippen LogP contribution in [-0.4, -0.2) is 21.3 Å². The Balaban J connectivity index is 2.09. The second-order valence-electron chi connectivity index (χ2n) is 4.25. The van der Waals surface area contributed by atoms with Crippen LogP contribution in [0, 0.1) is 6.92 Å². The summed E-state index contributed by atoms with van der Waals surface area (Å²) in [6.07, 6.45) is 2.56. The lowest BCUT2D eigenvalue weighted by Crippen LogP contribution is -2.12. The lowest BCUT2D eigenvalue weighted by Gasteiger charge is -2.19. The summed E-state index contributed by atoms with van der Waals surface area (Å²) in [5.41, 5.74) is 3.11.